The van der Waals surface area contributed by atoms with Crippen LogP contribution in [0.4, 0.5) is 0 Å². The summed E-state index contributed by atoms with van der Waals surface area (Å²) in [4.78, 5) is 29.3. The number of nitrogens with zero attached hydrogens (tertiary/aromatic N) is 2. The van der Waals surface area contributed by atoms with Gasteiger partial charge in [-0.1, -0.05) is 0 Å². The van der Waals surface area contributed by atoms with Crippen LogP contribution < -0.4 is 5.56 Å². The summed E-state index contributed by atoms with van der Waals surface area (Å²) in [6.45, 7) is 0.769. The van der Waals surface area contributed by atoms with E-state index in [1.165, 1.54) is 4.90 Å². The number of carbonyl (C=O) groups excluding carboxylic acids is 1. The summed E-state index contributed by atoms with van der Waals surface area (Å²) in [5.41, 5.74) is 3.53. The first kappa shape index (κ1) is 16.4. The molecule has 0 spiro atoms. The fraction of sp³-hybridized carbons (Fsp3) is 0.471. The van der Waals surface area contributed by atoms with Crippen molar-refractivity contribution in [3.8, 4) is 0 Å². The molecule has 0 saturated heterocycles. The third kappa shape index (κ3) is 3.41. The largest absolute Gasteiger partial charge is 0.378 e. The minimum Gasteiger partial charge on any atom is -0.378 e. The highest BCUT2D eigenvalue weighted by molar-refractivity contribution is 5.93. The SMILES string of the molecule is COCc1cc(CN(C)C(=O)c2cc3c([nH]c2=O)CCCC3)[nH]n1. The predicted molar refractivity (Wildman–Crippen MR) is 88.8 cm³/mol. The van der Waals surface area contributed by atoms with Gasteiger partial charge in [0, 0.05) is 19.9 Å². The molecule has 0 saturated carbocycles. The Hall–Kier alpha value is -2.41. The molecule has 7 heteroatoms. The van der Waals surface area contributed by atoms with Gasteiger partial charge in [0.05, 0.1) is 24.5 Å². The van der Waals surface area contributed by atoms with E-state index in [4.69, 9.17) is 4.74 Å². The lowest BCUT2D eigenvalue weighted by atomic mass is 9.95. The summed E-state index contributed by atoms with van der Waals surface area (Å²) in [6.07, 6.45) is 3.97. The highest BCUT2D eigenvalue weighted by Gasteiger charge is 2.20. The molecule has 0 fully saturated rings. The average Bonchev–Trinajstić information content (AvgIpc) is 3.01. The van der Waals surface area contributed by atoms with Crippen LogP contribution in [-0.4, -0.2) is 40.1 Å². The monoisotopic (exact) mass is 330 g/mol. The van der Waals surface area contributed by atoms with E-state index < -0.39 is 0 Å². The van der Waals surface area contributed by atoms with Gasteiger partial charge in [-0.15, -0.1) is 0 Å². The lowest BCUT2D eigenvalue weighted by Crippen LogP contribution is -2.32. The summed E-state index contributed by atoms with van der Waals surface area (Å²) in [5, 5.41) is 6.99. The lowest BCUT2D eigenvalue weighted by molar-refractivity contribution is 0.0781. The number of aromatic amines is 2. The Morgan fingerprint density at radius 3 is 2.92 bits per heavy atom. The molecule has 1 amide bonds. The maximum atomic E-state index is 12.6. The normalized spacial score (nSPS) is 13.6. The van der Waals surface area contributed by atoms with E-state index in [-0.39, 0.29) is 17.0 Å². The number of nitrogens with one attached hydrogen (secondary N) is 2. The number of fused-ring (bicyclic) bond motifs is 1. The Bertz CT molecular complexity index is 793. The number of ether oxygens (including phenoxy) is 1. The van der Waals surface area contributed by atoms with Crippen LogP contribution in [0.2, 0.25) is 0 Å². The molecule has 24 heavy (non-hydrogen) atoms. The van der Waals surface area contributed by atoms with Gasteiger partial charge in [0.2, 0.25) is 0 Å². The summed E-state index contributed by atoms with van der Waals surface area (Å²) in [6, 6.07) is 3.61. The first-order valence-electron chi connectivity index (χ1n) is 8.11. The Balaban J connectivity index is 1.76. The molecule has 7 nitrogen and oxygen atoms in total. The second kappa shape index (κ2) is 7.00. The zero-order valence-corrected chi connectivity index (χ0v) is 14.0. The molecule has 128 valence electrons. The zero-order chi connectivity index (χ0) is 17.1. The summed E-state index contributed by atoms with van der Waals surface area (Å²) in [7, 11) is 3.28. The second-order valence-electron chi connectivity index (χ2n) is 6.20. The maximum Gasteiger partial charge on any atom is 0.261 e. The van der Waals surface area contributed by atoms with Gasteiger partial charge in [-0.25, -0.2) is 0 Å². The Kier molecular flexibility index (Phi) is 4.80. The van der Waals surface area contributed by atoms with E-state index in [0.717, 1.165) is 48.3 Å². The van der Waals surface area contributed by atoms with Crippen LogP contribution in [0, 0.1) is 0 Å². The molecule has 3 rings (SSSR count). The Morgan fingerprint density at radius 2 is 2.12 bits per heavy atom. The minimum atomic E-state index is -0.308. The quantitative estimate of drug-likeness (QED) is 0.867. The molecule has 0 radical (unpaired) electrons. The molecule has 2 heterocycles. The van der Waals surface area contributed by atoms with Crippen LogP contribution in [-0.2, 0) is 30.7 Å². The molecule has 0 bridgehead atoms. The molecule has 0 unspecified atom stereocenters. The fourth-order valence-corrected chi connectivity index (χ4v) is 3.08. The van der Waals surface area contributed by atoms with E-state index in [1.54, 1.807) is 20.2 Å². The van der Waals surface area contributed by atoms with Gasteiger partial charge in [-0.3, -0.25) is 14.7 Å². The zero-order valence-electron chi connectivity index (χ0n) is 14.0. The lowest BCUT2D eigenvalue weighted by Gasteiger charge is -2.19. The predicted octanol–water partition coefficient (Wildman–Crippen LogP) is 1.40. The van der Waals surface area contributed by atoms with E-state index >= 15 is 0 Å². The van der Waals surface area contributed by atoms with Gasteiger partial charge in [-0.2, -0.15) is 5.10 Å². The maximum absolute atomic E-state index is 12.6. The number of methoxy groups -OCH3 is 1. The molecule has 0 aromatic carbocycles. The van der Waals surface area contributed by atoms with E-state index in [9.17, 15) is 9.59 Å². The van der Waals surface area contributed by atoms with Gasteiger partial charge in [0.1, 0.15) is 5.56 Å². The molecular weight excluding hydrogens is 308 g/mol. The van der Waals surface area contributed by atoms with Crippen molar-refractivity contribution in [1.82, 2.24) is 20.1 Å². The van der Waals surface area contributed by atoms with E-state index in [0.29, 0.717) is 13.2 Å². The van der Waals surface area contributed by atoms with Gasteiger partial charge in [0.15, 0.2) is 0 Å². The molecule has 0 aliphatic heterocycles. The van der Waals surface area contributed by atoms with Crippen LogP contribution in [0.1, 0.15) is 45.8 Å². The van der Waals surface area contributed by atoms with Crippen LogP contribution in [0.5, 0.6) is 0 Å². The third-order valence-electron chi connectivity index (χ3n) is 4.30. The minimum absolute atomic E-state index is 0.204. The number of carbonyl (C=O) groups is 1. The Morgan fingerprint density at radius 1 is 1.33 bits per heavy atom. The first-order chi connectivity index (χ1) is 11.6. The number of pyridine rings is 1. The third-order valence-corrected chi connectivity index (χ3v) is 4.30. The fourth-order valence-electron chi connectivity index (χ4n) is 3.08. The van der Waals surface area contributed by atoms with Gasteiger partial charge < -0.3 is 14.6 Å². The van der Waals surface area contributed by atoms with Crippen molar-refractivity contribution in [2.45, 2.75) is 38.8 Å². The molecular formula is C17H22N4O3. The van der Waals surface area contributed by atoms with E-state index in [1.807, 2.05) is 6.07 Å². The number of hydrogen-bond acceptors (Lipinski definition) is 4. The van der Waals surface area contributed by atoms with Crippen LogP contribution in [0.3, 0.4) is 0 Å². The van der Waals surface area contributed by atoms with Crippen molar-refractivity contribution in [3.63, 3.8) is 0 Å². The Labute approximate surface area is 140 Å². The molecule has 2 N–H and O–H groups in total. The smallest absolute Gasteiger partial charge is 0.261 e. The van der Waals surface area contributed by atoms with Crippen molar-refractivity contribution in [1.29, 1.82) is 0 Å². The second-order valence-corrected chi connectivity index (χ2v) is 6.20. The number of aromatic nitrogens is 3. The molecule has 1 aliphatic carbocycles. The van der Waals surface area contributed by atoms with E-state index in [2.05, 4.69) is 15.2 Å². The van der Waals surface area contributed by atoms with Crippen molar-refractivity contribution in [3.05, 3.63) is 50.7 Å². The molecule has 1 aliphatic rings. The molecule has 2 aromatic heterocycles. The van der Waals surface area contributed by atoms with Crippen molar-refractivity contribution in [2.75, 3.05) is 14.2 Å². The highest BCUT2D eigenvalue weighted by Crippen LogP contribution is 2.19. The summed E-state index contributed by atoms with van der Waals surface area (Å²) >= 11 is 0. The van der Waals surface area contributed by atoms with Crippen molar-refractivity contribution < 1.29 is 9.53 Å². The summed E-state index contributed by atoms with van der Waals surface area (Å²) in [5.74, 6) is -0.285. The first-order valence-corrected chi connectivity index (χ1v) is 8.11. The number of aryl methyl sites for hydroxylation is 2. The van der Waals surface area contributed by atoms with Gasteiger partial charge in [0.25, 0.3) is 11.5 Å². The molecule has 0 atom stereocenters. The number of hydrogen-bond donors (Lipinski definition) is 2. The van der Waals surface area contributed by atoms with Gasteiger partial charge >= 0.3 is 0 Å². The van der Waals surface area contributed by atoms with Crippen LogP contribution >= 0.6 is 0 Å². The topological polar surface area (TPSA) is 91.1 Å². The highest BCUT2D eigenvalue weighted by atomic mass is 16.5. The van der Waals surface area contributed by atoms with Gasteiger partial charge in [-0.05, 0) is 43.4 Å². The number of H-pyrrole nitrogens is 2. The van der Waals surface area contributed by atoms with Crippen molar-refractivity contribution >= 4 is 5.91 Å². The molecule has 2 aromatic rings. The van der Waals surface area contributed by atoms with Crippen molar-refractivity contribution in [2.24, 2.45) is 0 Å². The average molecular weight is 330 g/mol. The number of rotatable bonds is 5. The standard InChI is InChI=1S/C17H22N4O3/c1-21(9-12-8-13(10-24-2)20-19-12)17(23)14-7-11-5-3-4-6-15(11)18-16(14)22/h7-8H,3-6,9-10H2,1-2H3,(H,18,22)(H,19,20). The number of amides is 1. The van der Waals surface area contributed by atoms with Crippen LogP contribution in [0.25, 0.3) is 0 Å². The van der Waals surface area contributed by atoms with Crippen LogP contribution in [0.15, 0.2) is 16.9 Å². The summed E-state index contributed by atoms with van der Waals surface area (Å²) < 4.78 is 5.02.